The van der Waals surface area contributed by atoms with Crippen molar-refractivity contribution in [1.82, 2.24) is 9.97 Å². The van der Waals surface area contributed by atoms with Crippen LogP contribution >= 0.6 is 11.6 Å². The number of ether oxygens (including phenoxy) is 1. The quantitative estimate of drug-likeness (QED) is 0.186. The molecule has 212 valence electrons. The number of benzene rings is 3. The van der Waals surface area contributed by atoms with Crippen molar-refractivity contribution in [3.8, 4) is 5.75 Å². The van der Waals surface area contributed by atoms with E-state index in [4.69, 9.17) is 20.8 Å². The van der Waals surface area contributed by atoms with Gasteiger partial charge in [0.1, 0.15) is 11.6 Å². The number of anilines is 2. The number of hydrogen-bond donors (Lipinski definition) is 0. The van der Waals surface area contributed by atoms with Crippen molar-refractivity contribution in [2.45, 2.75) is 45.3 Å². The summed E-state index contributed by atoms with van der Waals surface area (Å²) in [6, 6.07) is 27.8. The van der Waals surface area contributed by atoms with Gasteiger partial charge < -0.3 is 9.16 Å². The summed E-state index contributed by atoms with van der Waals surface area (Å²) >= 11 is 6.24. The Morgan fingerprint density at radius 2 is 1.54 bits per heavy atom. The number of hydrogen-bond acceptors (Lipinski definition) is 5. The third-order valence-corrected chi connectivity index (χ3v) is 12.8. The first kappa shape index (κ1) is 28.8. The molecule has 0 spiro atoms. The molecule has 2 amide bonds. The predicted molar refractivity (Wildman–Crippen MR) is 167 cm³/mol. The summed E-state index contributed by atoms with van der Waals surface area (Å²) in [7, 11) is -1.20. The van der Waals surface area contributed by atoms with Crippen LogP contribution in [0.1, 0.15) is 33.3 Å². The number of aromatic nitrogens is 2. The second-order valence-electron chi connectivity index (χ2n) is 11.2. The Morgan fingerprint density at radius 1 is 0.951 bits per heavy atom. The molecule has 0 bridgehead atoms. The van der Waals surface area contributed by atoms with Crippen LogP contribution in [0.2, 0.25) is 10.3 Å². The Morgan fingerprint density at radius 3 is 2.07 bits per heavy atom. The van der Waals surface area contributed by atoms with Crippen molar-refractivity contribution >= 4 is 47.8 Å². The second-order valence-corrected chi connectivity index (χ2v) is 15.9. The largest absolute Gasteiger partial charge is 0.497 e. The highest BCUT2D eigenvalue weighted by atomic mass is 35.5. The fourth-order valence-electron chi connectivity index (χ4n) is 5.60. The summed E-state index contributed by atoms with van der Waals surface area (Å²) in [6.45, 7) is 9.34. The Bertz CT molecular complexity index is 1460. The molecule has 7 nitrogen and oxygen atoms in total. The lowest BCUT2D eigenvalue weighted by molar-refractivity contribution is 0.237. The molecule has 4 aromatic rings. The molecule has 41 heavy (non-hydrogen) atoms. The molecule has 2 heterocycles. The second kappa shape index (κ2) is 11.6. The molecule has 0 N–H and O–H groups in total. The van der Waals surface area contributed by atoms with Crippen molar-refractivity contribution in [3.63, 3.8) is 0 Å². The van der Waals surface area contributed by atoms with Crippen molar-refractivity contribution in [3.05, 3.63) is 102 Å². The first-order chi connectivity index (χ1) is 19.7. The number of urea groups is 1. The molecule has 0 aliphatic carbocycles. The summed E-state index contributed by atoms with van der Waals surface area (Å²) in [4.78, 5) is 26.2. The van der Waals surface area contributed by atoms with Crippen LogP contribution in [0.5, 0.6) is 5.75 Å². The number of halogens is 1. The number of carbonyl (C=O) groups excluding carboxylic acids is 1. The van der Waals surface area contributed by atoms with Gasteiger partial charge >= 0.3 is 6.03 Å². The van der Waals surface area contributed by atoms with Crippen molar-refractivity contribution in [1.29, 1.82) is 0 Å². The Hall–Kier alpha value is -3.72. The zero-order valence-corrected chi connectivity index (χ0v) is 25.8. The average Bonchev–Trinajstić information content (AvgIpc) is 2.97. The van der Waals surface area contributed by atoms with Gasteiger partial charge in [-0.2, -0.15) is 4.98 Å². The standard InChI is InChI=1S/C32H35ClN4O3Si/c1-23(22-40-41(32(2,3)4,27-12-8-6-9-13-27)28-14-10-7-11-15-28)37-29-24(20-34-30(33)35-29)21-36(31(37)38)25-16-18-26(39-5)19-17-25/h6-20,23H,21-22H2,1-5H3/t23-/m1/s1. The molecule has 1 aromatic heterocycles. The van der Waals surface area contributed by atoms with E-state index in [1.165, 1.54) is 10.4 Å². The zero-order valence-electron chi connectivity index (χ0n) is 24.0. The van der Waals surface area contributed by atoms with E-state index in [0.29, 0.717) is 19.0 Å². The fourth-order valence-corrected chi connectivity index (χ4v) is 10.4. The van der Waals surface area contributed by atoms with Crippen molar-refractivity contribution in [2.75, 3.05) is 23.5 Å². The van der Waals surface area contributed by atoms with E-state index in [-0.39, 0.29) is 22.4 Å². The highest BCUT2D eigenvalue weighted by Gasteiger charge is 2.50. The number of fused-ring (bicyclic) bond motifs is 1. The number of carbonyl (C=O) groups is 1. The number of rotatable bonds is 8. The van der Waals surface area contributed by atoms with Crippen LogP contribution in [0, 0.1) is 0 Å². The van der Waals surface area contributed by atoms with Crippen molar-refractivity contribution in [2.24, 2.45) is 0 Å². The molecular weight excluding hydrogens is 552 g/mol. The van der Waals surface area contributed by atoms with E-state index in [1.807, 2.05) is 43.3 Å². The minimum absolute atomic E-state index is 0.0968. The smallest absolute Gasteiger partial charge is 0.330 e. The van der Waals surface area contributed by atoms with Crippen LogP contribution in [0.25, 0.3) is 0 Å². The highest BCUT2D eigenvalue weighted by molar-refractivity contribution is 6.99. The molecule has 9 heteroatoms. The van der Waals surface area contributed by atoms with Gasteiger partial charge in [0.15, 0.2) is 0 Å². The minimum atomic E-state index is -2.82. The Kier molecular flexibility index (Phi) is 8.17. The van der Waals surface area contributed by atoms with Gasteiger partial charge in [0, 0.05) is 17.4 Å². The minimum Gasteiger partial charge on any atom is -0.497 e. The predicted octanol–water partition coefficient (Wildman–Crippen LogP) is 6.05. The maximum atomic E-state index is 14.1. The lowest BCUT2D eigenvalue weighted by Gasteiger charge is -2.45. The summed E-state index contributed by atoms with van der Waals surface area (Å²) in [5.41, 5.74) is 1.56. The highest BCUT2D eigenvalue weighted by Crippen LogP contribution is 2.38. The van der Waals surface area contributed by atoms with Gasteiger partial charge in [-0.25, -0.2) is 9.78 Å². The molecule has 0 saturated heterocycles. The topological polar surface area (TPSA) is 67.8 Å². The maximum Gasteiger partial charge on any atom is 0.330 e. The van der Waals surface area contributed by atoms with E-state index in [1.54, 1.807) is 23.1 Å². The normalized spacial score (nSPS) is 14.5. The summed E-state index contributed by atoms with van der Waals surface area (Å²) in [6.07, 6.45) is 1.69. The van der Waals surface area contributed by atoms with Crippen LogP contribution in [0.4, 0.5) is 16.3 Å². The molecule has 0 unspecified atom stereocenters. The molecule has 0 radical (unpaired) electrons. The third-order valence-electron chi connectivity index (χ3n) is 7.59. The van der Waals surface area contributed by atoms with E-state index >= 15 is 0 Å². The van der Waals surface area contributed by atoms with Gasteiger partial charge in [-0.3, -0.25) is 9.80 Å². The monoisotopic (exact) mass is 586 g/mol. The third kappa shape index (κ3) is 5.47. The van der Waals surface area contributed by atoms with Gasteiger partial charge in [0.05, 0.1) is 26.3 Å². The maximum absolute atomic E-state index is 14.1. The van der Waals surface area contributed by atoms with Crippen LogP contribution in [0.15, 0.2) is 91.1 Å². The first-order valence-corrected chi connectivity index (χ1v) is 16.0. The molecule has 5 rings (SSSR count). The molecule has 1 aliphatic heterocycles. The van der Waals surface area contributed by atoms with Gasteiger partial charge in [-0.15, -0.1) is 0 Å². The molecule has 1 aliphatic rings. The summed E-state index contributed by atoms with van der Waals surface area (Å²) in [5.74, 6) is 1.23. The van der Waals surface area contributed by atoms with E-state index in [0.717, 1.165) is 17.0 Å². The number of methoxy groups -OCH3 is 1. The molecule has 1 atom stereocenters. The lowest BCUT2D eigenvalue weighted by atomic mass is 10.1. The summed E-state index contributed by atoms with van der Waals surface area (Å²) < 4.78 is 12.5. The van der Waals surface area contributed by atoms with E-state index in [2.05, 4.69) is 79.3 Å². The van der Waals surface area contributed by atoms with Crippen LogP contribution in [-0.4, -0.2) is 44.1 Å². The van der Waals surface area contributed by atoms with E-state index in [9.17, 15) is 4.79 Å². The zero-order chi connectivity index (χ0) is 29.2. The number of amides is 2. The SMILES string of the molecule is COc1ccc(N2Cc3cnc(Cl)nc3N([C@H](C)CO[Si](c3ccccc3)(c3ccccc3)C(C)(C)C)C2=O)cc1. The molecular formula is C32H35ClN4O3Si. The molecule has 0 fully saturated rings. The van der Waals surface area contributed by atoms with Gasteiger partial charge in [-0.1, -0.05) is 81.4 Å². The molecule has 0 saturated carbocycles. The Balaban J connectivity index is 1.54. The Labute approximate surface area is 247 Å². The van der Waals surface area contributed by atoms with Crippen LogP contribution in [0.3, 0.4) is 0 Å². The lowest BCUT2D eigenvalue weighted by Crippen LogP contribution is -2.67. The summed E-state index contributed by atoms with van der Waals surface area (Å²) in [5, 5.41) is 2.27. The van der Waals surface area contributed by atoms with Gasteiger partial charge in [0.2, 0.25) is 5.28 Å². The fraction of sp³-hybridized carbons (Fsp3) is 0.281. The number of nitrogens with zero attached hydrogens (tertiary/aromatic N) is 4. The van der Waals surface area contributed by atoms with Gasteiger partial charge in [0.25, 0.3) is 8.32 Å². The van der Waals surface area contributed by atoms with Gasteiger partial charge in [-0.05, 0) is 58.2 Å². The average molecular weight is 587 g/mol. The van der Waals surface area contributed by atoms with E-state index < -0.39 is 8.32 Å². The first-order valence-electron chi connectivity index (χ1n) is 13.7. The van der Waals surface area contributed by atoms with Crippen molar-refractivity contribution < 1.29 is 14.0 Å². The molecule has 3 aromatic carbocycles. The van der Waals surface area contributed by atoms with Crippen LogP contribution < -0.4 is 24.9 Å². The van der Waals surface area contributed by atoms with Crippen LogP contribution in [-0.2, 0) is 11.0 Å².